The van der Waals surface area contributed by atoms with E-state index in [-0.39, 0.29) is 11.9 Å². The van der Waals surface area contributed by atoms with E-state index in [1.54, 1.807) is 0 Å². The number of carbonyl (C=O) groups is 1. The smallest absolute Gasteiger partial charge is 0.254 e. The molecular formula is C22H25N3OS. The Labute approximate surface area is 163 Å². The number of rotatable bonds is 2. The van der Waals surface area contributed by atoms with Gasteiger partial charge in [0.15, 0.2) is 0 Å². The first-order valence-corrected chi connectivity index (χ1v) is 10.7. The number of nitrogens with zero attached hydrogens (tertiary/aromatic N) is 2. The predicted molar refractivity (Wildman–Crippen MR) is 110 cm³/mol. The molecule has 0 spiro atoms. The third-order valence-electron chi connectivity index (χ3n) is 6.28. The van der Waals surface area contributed by atoms with E-state index in [1.165, 1.54) is 23.3 Å². The highest BCUT2D eigenvalue weighted by molar-refractivity contribution is 7.10. The largest absolute Gasteiger partial charge is 0.361 e. The van der Waals surface area contributed by atoms with Gasteiger partial charge in [0.1, 0.15) is 0 Å². The van der Waals surface area contributed by atoms with E-state index < -0.39 is 0 Å². The van der Waals surface area contributed by atoms with E-state index in [4.69, 9.17) is 0 Å². The average molecular weight is 380 g/mol. The van der Waals surface area contributed by atoms with Gasteiger partial charge in [-0.1, -0.05) is 0 Å². The molecule has 0 saturated carbocycles. The summed E-state index contributed by atoms with van der Waals surface area (Å²) in [7, 11) is 2.20. The second kappa shape index (κ2) is 6.80. The van der Waals surface area contributed by atoms with Gasteiger partial charge in [0.05, 0.1) is 6.04 Å². The number of likely N-dealkylation sites (tertiary alicyclic amines) is 1. The molecule has 1 amide bonds. The molecule has 27 heavy (non-hydrogen) atoms. The maximum atomic E-state index is 13.5. The van der Waals surface area contributed by atoms with Crippen LogP contribution in [0.1, 0.15) is 39.7 Å². The normalized spacial score (nSPS) is 21.5. The fourth-order valence-corrected chi connectivity index (χ4v) is 5.89. The zero-order valence-electron chi connectivity index (χ0n) is 15.6. The molecule has 1 saturated heterocycles. The molecule has 5 rings (SSSR count). The summed E-state index contributed by atoms with van der Waals surface area (Å²) in [5.41, 5.74) is 3.34. The highest BCUT2D eigenvalue weighted by Crippen LogP contribution is 2.43. The van der Waals surface area contributed by atoms with Gasteiger partial charge in [0.25, 0.3) is 5.91 Å². The lowest BCUT2D eigenvalue weighted by molar-refractivity contribution is 0.0510. The lowest BCUT2D eigenvalue weighted by atomic mass is 9.84. The second-order valence-electron chi connectivity index (χ2n) is 7.92. The number of hydrogen-bond donors (Lipinski definition) is 1. The number of aromatic nitrogens is 1. The van der Waals surface area contributed by atoms with Crippen LogP contribution in [0.5, 0.6) is 0 Å². The fourth-order valence-electron chi connectivity index (χ4n) is 4.73. The van der Waals surface area contributed by atoms with Crippen LogP contribution in [-0.2, 0) is 6.42 Å². The molecule has 5 heteroatoms. The maximum absolute atomic E-state index is 13.5. The van der Waals surface area contributed by atoms with Crippen molar-refractivity contribution in [3.05, 3.63) is 57.9 Å². The quantitative estimate of drug-likeness (QED) is 0.721. The Bertz CT molecular complexity index is 967. The third-order valence-corrected chi connectivity index (χ3v) is 7.31. The number of thiophene rings is 1. The molecule has 2 aliphatic heterocycles. The summed E-state index contributed by atoms with van der Waals surface area (Å²) in [6.07, 6.45) is 5.23. The Morgan fingerprint density at radius 1 is 1.15 bits per heavy atom. The van der Waals surface area contributed by atoms with Crippen molar-refractivity contribution in [2.45, 2.75) is 25.3 Å². The van der Waals surface area contributed by atoms with Crippen molar-refractivity contribution < 1.29 is 4.79 Å². The zero-order valence-corrected chi connectivity index (χ0v) is 16.5. The van der Waals surface area contributed by atoms with Gasteiger partial charge in [-0.3, -0.25) is 4.79 Å². The minimum absolute atomic E-state index is 0.182. The number of H-pyrrole nitrogens is 1. The van der Waals surface area contributed by atoms with Gasteiger partial charge < -0.3 is 14.8 Å². The van der Waals surface area contributed by atoms with Crippen LogP contribution >= 0.6 is 11.3 Å². The van der Waals surface area contributed by atoms with E-state index in [1.807, 2.05) is 41.8 Å². The Morgan fingerprint density at radius 2 is 2.00 bits per heavy atom. The first-order chi connectivity index (χ1) is 13.2. The summed E-state index contributed by atoms with van der Waals surface area (Å²) in [6.45, 7) is 3.07. The van der Waals surface area contributed by atoms with Crippen molar-refractivity contribution in [3.8, 4) is 0 Å². The molecule has 0 bridgehead atoms. The lowest BCUT2D eigenvalue weighted by Crippen LogP contribution is -2.45. The number of amides is 1. The van der Waals surface area contributed by atoms with E-state index in [0.717, 1.165) is 42.5 Å². The van der Waals surface area contributed by atoms with Crippen molar-refractivity contribution in [2.75, 3.05) is 26.7 Å². The molecular weight excluding hydrogens is 354 g/mol. The number of hydrogen-bond acceptors (Lipinski definition) is 3. The van der Waals surface area contributed by atoms with Gasteiger partial charge in [-0.05, 0) is 86.6 Å². The van der Waals surface area contributed by atoms with E-state index >= 15 is 0 Å². The fraction of sp³-hybridized carbons (Fsp3) is 0.409. The summed E-state index contributed by atoms with van der Waals surface area (Å²) in [6, 6.07) is 10.6. The van der Waals surface area contributed by atoms with Crippen LogP contribution in [0.15, 0.2) is 41.9 Å². The molecule has 1 aromatic carbocycles. The minimum atomic E-state index is 0.182. The third kappa shape index (κ3) is 2.99. The maximum Gasteiger partial charge on any atom is 0.254 e. The summed E-state index contributed by atoms with van der Waals surface area (Å²) in [5.74, 6) is 0.736. The molecule has 3 aromatic rings. The summed E-state index contributed by atoms with van der Waals surface area (Å²) >= 11 is 1.84. The number of nitrogens with one attached hydrogen (secondary N) is 1. The van der Waals surface area contributed by atoms with Crippen LogP contribution in [0.4, 0.5) is 0 Å². The second-order valence-corrected chi connectivity index (χ2v) is 8.87. The topological polar surface area (TPSA) is 39.3 Å². The molecule has 0 aliphatic carbocycles. The van der Waals surface area contributed by atoms with Crippen LogP contribution in [0.25, 0.3) is 10.9 Å². The molecule has 2 aromatic heterocycles. The molecule has 1 fully saturated rings. The molecule has 2 aliphatic rings. The van der Waals surface area contributed by atoms with Crippen molar-refractivity contribution in [3.63, 3.8) is 0 Å². The standard InChI is InChI=1S/C22H25N3OS/c1-24-10-5-15(6-11-24)20-21-16(8-13-27-21)7-12-25(20)22(26)18-2-3-19-17(14-18)4-9-23-19/h2-4,8-9,13-15,20,23H,5-7,10-12H2,1H3. The van der Waals surface area contributed by atoms with E-state index in [2.05, 4.69) is 33.3 Å². The Balaban J connectivity index is 1.50. The molecule has 1 unspecified atom stereocenters. The Kier molecular flexibility index (Phi) is 4.29. The molecule has 1 atom stereocenters. The minimum Gasteiger partial charge on any atom is -0.361 e. The van der Waals surface area contributed by atoms with Crippen LogP contribution < -0.4 is 0 Å². The average Bonchev–Trinajstić information content (AvgIpc) is 3.35. The van der Waals surface area contributed by atoms with Crippen LogP contribution in [-0.4, -0.2) is 47.4 Å². The Morgan fingerprint density at radius 3 is 2.85 bits per heavy atom. The van der Waals surface area contributed by atoms with E-state index in [0.29, 0.717) is 5.92 Å². The van der Waals surface area contributed by atoms with Gasteiger partial charge >= 0.3 is 0 Å². The van der Waals surface area contributed by atoms with Crippen molar-refractivity contribution in [1.82, 2.24) is 14.8 Å². The zero-order chi connectivity index (χ0) is 18.4. The van der Waals surface area contributed by atoms with Gasteiger partial charge in [-0.2, -0.15) is 0 Å². The summed E-state index contributed by atoms with van der Waals surface area (Å²) in [4.78, 5) is 22.7. The Hall–Kier alpha value is -2.11. The molecule has 4 nitrogen and oxygen atoms in total. The molecule has 0 radical (unpaired) electrons. The number of carbonyl (C=O) groups excluding carboxylic acids is 1. The highest BCUT2D eigenvalue weighted by Gasteiger charge is 2.38. The van der Waals surface area contributed by atoms with Crippen molar-refractivity contribution in [2.24, 2.45) is 5.92 Å². The van der Waals surface area contributed by atoms with Gasteiger partial charge in [-0.15, -0.1) is 11.3 Å². The first-order valence-electron chi connectivity index (χ1n) is 9.83. The first kappa shape index (κ1) is 17.0. The van der Waals surface area contributed by atoms with Crippen LogP contribution in [0, 0.1) is 5.92 Å². The number of benzene rings is 1. The van der Waals surface area contributed by atoms with Crippen LogP contribution in [0.3, 0.4) is 0 Å². The number of piperidine rings is 1. The van der Waals surface area contributed by atoms with Crippen LogP contribution in [0.2, 0.25) is 0 Å². The van der Waals surface area contributed by atoms with E-state index in [9.17, 15) is 4.79 Å². The molecule has 4 heterocycles. The monoisotopic (exact) mass is 379 g/mol. The number of fused-ring (bicyclic) bond motifs is 2. The van der Waals surface area contributed by atoms with Crippen molar-refractivity contribution in [1.29, 1.82) is 0 Å². The summed E-state index contributed by atoms with van der Waals surface area (Å²) in [5, 5.41) is 3.30. The summed E-state index contributed by atoms with van der Waals surface area (Å²) < 4.78 is 0. The highest BCUT2D eigenvalue weighted by atomic mass is 32.1. The molecule has 1 N–H and O–H groups in total. The van der Waals surface area contributed by atoms with Gasteiger partial charge in [-0.25, -0.2) is 0 Å². The predicted octanol–water partition coefficient (Wildman–Crippen LogP) is 4.31. The van der Waals surface area contributed by atoms with Gasteiger partial charge in [0, 0.05) is 34.1 Å². The number of aromatic amines is 1. The van der Waals surface area contributed by atoms with Gasteiger partial charge in [0.2, 0.25) is 0 Å². The molecule has 140 valence electrons. The SMILES string of the molecule is CN1CCC(C2c3sccc3CCN2C(=O)c2ccc3[nH]ccc3c2)CC1. The van der Waals surface area contributed by atoms with Crippen molar-refractivity contribution >= 4 is 28.1 Å². The lowest BCUT2D eigenvalue weighted by Gasteiger charge is -2.43.